The van der Waals surface area contributed by atoms with Crippen molar-refractivity contribution in [3.63, 3.8) is 0 Å². The maximum absolute atomic E-state index is 13.5. The predicted octanol–water partition coefficient (Wildman–Crippen LogP) is 2.95. The minimum absolute atomic E-state index is 0.0412. The first-order chi connectivity index (χ1) is 16.1. The number of benzene rings is 2. The van der Waals surface area contributed by atoms with E-state index in [1.165, 1.54) is 12.7 Å². The molecule has 0 saturated heterocycles. The van der Waals surface area contributed by atoms with Crippen LogP contribution in [0.25, 0.3) is 11.4 Å². The van der Waals surface area contributed by atoms with E-state index in [0.717, 1.165) is 17.7 Å². The molecular weight excluding hydrogens is 420 g/mol. The number of hydrogen-bond acceptors (Lipinski definition) is 6. The van der Waals surface area contributed by atoms with E-state index in [1.54, 1.807) is 0 Å². The van der Waals surface area contributed by atoms with Crippen LogP contribution in [0.15, 0.2) is 59.1 Å². The van der Waals surface area contributed by atoms with Crippen LogP contribution in [0.1, 0.15) is 30.2 Å². The van der Waals surface area contributed by atoms with E-state index in [-0.39, 0.29) is 36.3 Å². The number of ether oxygens (including phenoxy) is 1. The molecule has 0 bridgehead atoms. The fourth-order valence-corrected chi connectivity index (χ4v) is 4.93. The molecule has 1 fully saturated rings. The molecule has 2 heterocycles. The fourth-order valence-electron chi connectivity index (χ4n) is 4.93. The smallest absolute Gasteiger partial charge is 0.246 e. The number of para-hydroxylation sites is 1. The zero-order valence-corrected chi connectivity index (χ0v) is 18.4. The molecule has 3 atom stereocenters. The number of methoxy groups -OCH3 is 1. The zero-order chi connectivity index (χ0) is 22.8. The topological polar surface area (TPSA) is 97.6 Å². The van der Waals surface area contributed by atoms with Crippen LogP contribution in [0.4, 0.5) is 5.69 Å². The molecule has 8 heteroatoms. The number of hydrogen-bond donors (Lipinski definition) is 1. The molecule has 2 aromatic carbocycles. The van der Waals surface area contributed by atoms with Gasteiger partial charge in [-0.05, 0) is 30.9 Å². The van der Waals surface area contributed by atoms with Gasteiger partial charge in [0.25, 0.3) is 0 Å². The lowest BCUT2D eigenvalue weighted by Gasteiger charge is -2.21. The summed E-state index contributed by atoms with van der Waals surface area (Å²) >= 11 is 0. The molecule has 2 aliphatic rings. The quantitative estimate of drug-likeness (QED) is 0.625. The van der Waals surface area contributed by atoms with Gasteiger partial charge in [0.1, 0.15) is 6.61 Å². The number of carbonyl (C=O) groups is 2. The van der Waals surface area contributed by atoms with Crippen LogP contribution < -0.4 is 10.2 Å². The van der Waals surface area contributed by atoms with E-state index in [0.29, 0.717) is 31.1 Å². The summed E-state index contributed by atoms with van der Waals surface area (Å²) in [7, 11) is 1.48. The summed E-state index contributed by atoms with van der Waals surface area (Å²) < 4.78 is 10.6. The molecule has 170 valence electrons. The van der Waals surface area contributed by atoms with Crippen molar-refractivity contribution in [2.45, 2.75) is 31.2 Å². The van der Waals surface area contributed by atoms with Gasteiger partial charge in [0, 0.05) is 36.9 Å². The van der Waals surface area contributed by atoms with E-state index < -0.39 is 0 Å². The number of carbonyl (C=O) groups excluding carboxylic acids is 2. The third-order valence-corrected chi connectivity index (χ3v) is 6.48. The molecule has 33 heavy (non-hydrogen) atoms. The zero-order valence-electron chi connectivity index (χ0n) is 18.4. The largest absolute Gasteiger partial charge is 0.375 e. The Morgan fingerprint density at radius 1 is 1.12 bits per heavy atom. The van der Waals surface area contributed by atoms with E-state index in [4.69, 9.17) is 9.26 Å². The Labute approximate surface area is 191 Å². The number of amides is 2. The van der Waals surface area contributed by atoms with Crippen LogP contribution >= 0.6 is 0 Å². The summed E-state index contributed by atoms with van der Waals surface area (Å²) in [5.41, 5.74) is 3.02. The van der Waals surface area contributed by atoms with Crippen molar-refractivity contribution < 1.29 is 18.8 Å². The van der Waals surface area contributed by atoms with Crippen LogP contribution in [0.2, 0.25) is 0 Å². The Bertz CT molecular complexity index is 1150. The lowest BCUT2D eigenvalue weighted by molar-refractivity contribution is -0.126. The van der Waals surface area contributed by atoms with Gasteiger partial charge in [-0.2, -0.15) is 4.98 Å². The SMILES string of the molecule is COCC(=O)N[C@H]1C[C@H](C(=O)N2CCc3ccccc32)C[C@H]1c1nc(-c2ccccc2)no1. The van der Waals surface area contributed by atoms with Crippen LogP contribution in [0.5, 0.6) is 0 Å². The van der Waals surface area contributed by atoms with E-state index in [9.17, 15) is 9.59 Å². The highest BCUT2D eigenvalue weighted by Gasteiger charge is 2.44. The second-order valence-electron chi connectivity index (χ2n) is 8.57. The number of anilines is 1. The molecule has 3 aromatic rings. The molecule has 0 spiro atoms. The Morgan fingerprint density at radius 3 is 2.73 bits per heavy atom. The van der Waals surface area contributed by atoms with Crippen molar-refractivity contribution >= 4 is 17.5 Å². The molecular formula is C25H26N4O4. The fraction of sp³-hybridized carbons (Fsp3) is 0.360. The number of aromatic nitrogens is 2. The van der Waals surface area contributed by atoms with Gasteiger partial charge in [-0.15, -0.1) is 0 Å². The van der Waals surface area contributed by atoms with Crippen LogP contribution in [-0.2, 0) is 20.7 Å². The number of nitrogens with one attached hydrogen (secondary N) is 1. The van der Waals surface area contributed by atoms with Crippen molar-refractivity contribution in [3.05, 3.63) is 66.1 Å². The van der Waals surface area contributed by atoms with Crippen molar-refractivity contribution in [1.82, 2.24) is 15.5 Å². The first kappa shape index (κ1) is 21.3. The van der Waals surface area contributed by atoms with Gasteiger partial charge < -0.3 is 19.5 Å². The second kappa shape index (κ2) is 9.15. The van der Waals surface area contributed by atoms with Gasteiger partial charge in [0.2, 0.25) is 23.5 Å². The molecule has 2 amide bonds. The molecule has 1 saturated carbocycles. The number of nitrogens with zero attached hydrogens (tertiary/aromatic N) is 3. The third-order valence-electron chi connectivity index (χ3n) is 6.48. The Morgan fingerprint density at radius 2 is 1.91 bits per heavy atom. The Kier molecular flexibility index (Phi) is 5.92. The van der Waals surface area contributed by atoms with Crippen molar-refractivity contribution in [2.24, 2.45) is 5.92 Å². The van der Waals surface area contributed by atoms with Crippen LogP contribution in [-0.4, -0.2) is 48.3 Å². The van der Waals surface area contributed by atoms with Crippen LogP contribution in [0.3, 0.4) is 0 Å². The van der Waals surface area contributed by atoms with Gasteiger partial charge >= 0.3 is 0 Å². The third kappa shape index (κ3) is 4.26. The van der Waals surface area contributed by atoms with Gasteiger partial charge in [-0.3, -0.25) is 9.59 Å². The molecule has 0 unspecified atom stereocenters. The van der Waals surface area contributed by atoms with Gasteiger partial charge in [0.05, 0.1) is 5.92 Å². The van der Waals surface area contributed by atoms with Crippen molar-refractivity contribution in [1.29, 1.82) is 0 Å². The average molecular weight is 447 g/mol. The van der Waals surface area contributed by atoms with E-state index >= 15 is 0 Å². The maximum Gasteiger partial charge on any atom is 0.246 e. The summed E-state index contributed by atoms with van der Waals surface area (Å²) in [5, 5.41) is 7.15. The maximum atomic E-state index is 13.5. The minimum Gasteiger partial charge on any atom is -0.375 e. The van der Waals surface area contributed by atoms with Crippen molar-refractivity contribution in [3.8, 4) is 11.4 Å². The highest BCUT2D eigenvalue weighted by Crippen LogP contribution is 2.41. The predicted molar refractivity (Wildman–Crippen MR) is 122 cm³/mol. The van der Waals surface area contributed by atoms with Gasteiger partial charge in [-0.25, -0.2) is 0 Å². The molecule has 5 rings (SSSR count). The van der Waals surface area contributed by atoms with E-state index in [2.05, 4.69) is 21.5 Å². The summed E-state index contributed by atoms with van der Waals surface area (Å²) in [4.78, 5) is 32.3. The van der Waals surface area contributed by atoms with E-state index in [1.807, 2.05) is 53.4 Å². The average Bonchev–Trinajstić information content (AvgIpc) is 3.57. The first-order valence-electron chi connectivity index (χ1n) is 11.2. The molecule has 1 aromatic heterocycles. The Balaban J connectivity index is 1.38. The number of fused-ring (bicyclic) bond motifs is 1. The molecule has 1 aliphatic heterocycles. The molecule has 8 nitrogen and oxygen atoms in total. The monoisotopic (exact) mass is 446 g/mol. The molecule has 0 radical (unpaired) electrons. The second-order valence-corrected chi connectivity index (χ2v) is 8.57. The lowest BCUT2D eigenvalue weighted by Crippen LogP contribution is -2.39. The lowest BCUT2D eigenvalue weighted by atomic mass is 10.0. The normalized spacial score (nSPS) is 21.7. The Hall–Kier alpha value is -3.52. The van der Waals surface area contributed by atoms with Crippen molar-refractivity contribution in [2.75, 3.05) is 25.2 Å². The van der Waals surface area contributed by atoms with Crippen LogP contribution in [0, 0.1) is 5.92 Å². The highest BCUT2D eigenvalue weighted by molar-refractivity contribution is 5.97. The summed E-state index contributed by atoms with van der Waals surface area (Å²) in [6.45, 7) is 0.638. The summed E-state index contributed by atoms with van der Waals surface area (Å²) in [6, 6.07) is 17.3. The molecule has 1 N–H and O–H groups in total. The van der Waals surface area contributed by atoms with Gasteiger partial charge in [0.15, 0.2) is 0 Å². The minimum atomic E-state index is -0.288. The number of rotatable bonds is 6. The molecule has 1 aliphatic carbocycles. The van der Waals surface area contributed by atoms with Gasteiger partial charge in [-0.1, -0.05) is 53.7 Å². The highest BCUT2D eigenvalue weighted by atomic mass is 16.5. The standard InChI is InChI=1S/C25H26N4O4/c1-32-15-22(30)26-20-14-18(25(31)29-12-11-16-7-5-6-10-21(16)29)13-19(20)24-27-23(28-33-24)17-8-3-2-4-9-17/h2-10,18-20H,11-15H2,1H3,(H,26,30)/t18-,19-,20+/m1/s1. The summed E-state index contributed by atoms with van der Waals surface area (Å²) in [6.07, 6.45) is 1.91. The summed E-state index contributed by atoms with van der Waals surface area (Å²) in [5.74, 6) is 0.291. The first-order valence-corrected chi connectivity index (χ1v) is 11.2.